The van der Waals surface area contributed by atoms with E-state index in [1.165, 1.54) is 7.11 Å². The van der Waals surface area contributed by atoms with Crippen molar-refractivity contribution in [2.75, 3.05) is 7.11 Å². The third-order valence-corrected chi connectivity index (χ3v) is 3.65. The van der Waals surface area contributed by atoms with Crippen LogP contribution in [-0.4, -0.2) is 30.3 Å². The smallest absolute Gasteiger partial charge is 0.312 e. The van der Waals surface area contributed by atoms with E-state index in [0.29, 0.717) is 6.42 Å². The van der Waals surface area contributed by atoms with E-state index in [-0.39, 0.29) is 28.1 Å². The van der Waals surface area contributed by atoms with Gasteiger partial charge in [-0.05, 0) is 15.9 Å². The Morgan fingerprint density at radius 1 is 1.58 bits per heavy atom. The van der Waals surface area contributed by atoms with E-state index in [9.17, 15) is 14.5 Å². The van der Waals surface area contributed by atoms with Crippen LogP contribution in [0.4, 0.5) is 10.1 Å². The van der Waals surface area contributed by atoms with Gasteiger partial charge in [0.15, 0.2) is 5.75 Å². The van der Waals surface area contributed by atoms with Crippen LogP contribution in [0.5, 0.6) is 5.75 Å². The highest BCUT2D eigenvalue weighted by Crippen LogP contribution is 2.36. The Hall–Kier alpha value is -1.25. The maximum absolute atomic E-state index is 13.4. The number of nitro groups is 1. The van der Waals surface area contributed by atoms with E-state index in [1.54, 1.807) is 0 Å². The largest absolute Gasteiger partial charge is 0.481 e. The molecule has 0 amide bonds. The van der Waals surface area contributed by atoms with E-state index < -0.39 is 16.8 Å². The number of hydrogen-bond donors (Lipinski definition) is 1. The third-order valence-electron chi connectivity index (χ3n) is 3.04. The second kappa shape index (κ2) is 5.40. The molecule has 0 aromatic heterocycles. The van der Waals surface area contributed by atoms with Crippen LogP contribution in [0.25, 0.3) is 0 Å². The van der Waals surface area contributed by atoms with E-state index >= 15 is 0 Å². The second-order valence-corrected chi connectivity index (χ2v) is 5.10. The fourth-order valence-corrected chi connectivity index (χ4v) is 2.31. The highest BCUT2D eigenvalue weighted by atomic mass is 79.9. The molecule has 0 aliphatic heterocycles. The molecule has 1 fully saturated rings. The number of methoxy groups -OCH3 is 1. The fraction of sp³-hybridized carbons (Fsp3) is 0.455. The first-order valence-electron chi connectivity index (χ1n) is 5.52. The molecule has 104 valence electrons. The van der Waals surface area contributed by atoms with Crippen LogP contribution in [-0.2, 0) is 4.74 Å². The zero-order chi connectivity index (χ0) is 14.2. The van der Waals surface area contributed by atoms with Gasteiger partial charge in [-0.1, -0.05) is 0 Å². The number of halogens is 2. The van der Waals surface area contributed by atoms with Gasteiger partial charge in [-0.3, -0.25) is 10.1 Å². The lowest BCUT2D eigenvalue weighted by Gasteiger charge is -2.40. The quantitative estimate of drug-likeness (QED) is 0.672. The predicted octanol–water partition coefficient (Wildman–Crippen LogP) is 1.99. The van der Waals surface area contributed by atoms with Gasteiger partial charge in [0.05, 0.1) is 9.40 Å². The highest BCUT2D eigenvalue weighted by molar-refractivity contribution is 9.10. The summed E-state index contributed by atoms with van der Waals surface area (Å²) in [4.78, 5) is 10.3. The van der Waals surface area contributed by atoms with Gasteiger partial charge in [-0.25, -0.2) is 4.39 Å². The summed E-state index contributed by atoms with van der Waals surface area (Å²) in [5, 5.41) is 10.9. The van der Waals surface area contributed by atoms with E-state index in [2.05, 4.69) is 15.9 Å². The molecular formula is C11H12BrFN2O4. The normalized spacial score (nSPS) is 25.8. The van der Waals surface area contributed by atoms with Gasteiger partial charge in [-0.2, -0.15) is 0 Å². The van der Waals surface area contributed by atoms with Crippen LogP contribution >= 0.6 is 15.9 Å². The van der Waals surface area contributed by atoms with E-state index in [1.807, 2.05) is 0 Å². The lowest BCUT2D eigenvalue weighted by molar-refractivity contribution is -0.386. The van der Waals surface area contributed by atoms with Crippen molar-refractivity contribution in [3.8, 4) is 5.75 Å². The summed E-state index contributed by atoms with van der Waals surface area (Å²) < 4.78 is 24.0. The number of benzene rings is 1. The lowest BCUT2D eigenvalue weighted by Crippen LogP contribution is -2.59. The van der Waals surface area contributed by atoms with Gasteiger partial charge < -0.3 is 15.2 Å². The SMILES string of the molecule is COC1C(N)CC1Oc1cc(F)c(Br)cc1[N+](=O)[O-]. The Morgan fingerprint density at radius 3 is 2.79 bits per heavy atom. The topological polar surface area (TPSA) is 87.6 Å². The van der Waals surface area contributed by atoms with Crippen molar-refractivity contribution in [1.29, 1.82) is 0 Å². The molecule has 2 N–H and O–H groups in total. The number of nitrogens with zero attached hydrogens (tertiary/aromatic N) is 1. The fourth-order valence-electron chi connectivity index (χ4n) is 1.98. The van der Waals surface area contributed by atoms with E-state index in [4.69, 9.17) is 15.2 Å². The van der Waals surface area contributed by atoms with Crippen molar-refractivity contribution in [1.82, 2.24) is 0 Å². The van der Waals surface area contributed by atoms with Crippen molar-refractivity contribution in [2.24, 2.45) is 5.73 Å². The minimum Gasteiger partial charge on any atom is -0.481 e. The van der Waals surface area contributed by atoms with Gasteiger partial charge in [0, 0.05) is 31.7 Å². The summed E-state index contributed by atoms with van der Waals surface area (Å²) in [5.41, 5.74) is 5.41. The zero-order valence-corrected chi connectivity index (χ0v) is 11.6. The number of ether oxygens (including phenoxy) is 2. The monoisotopic (exact) mass is 334 g/mol. The Balaban J connectivity index is 2.25. The van der Waals surface area contributed by atoms with Crippen molar-refractivity contribution in [3.63, 3.8) is 0 Å². The van der Waals surface area contributed by atoms with Gasteiger partial charge in [0.2, 0.25) is 0 Å². The summed E-state index contributed by atoms with van der Waals surface area (Å²) in [6.07, 6.45) is -0.238. The predicted molar refractivity (Wildman–Crippen MR) is 68.6 cm³/mol. The van der Waals surface area contributed by atoms with E-state index in [0.717, 1.165) is 12.1 Å². The highest BCUT2D eigenvalue weighted by Gasteiger charge is 2.42. The third kappa shape index (κ3) is 2.70. The van der Waals surface area contributed by atoms with Crippen molar-refractivity contribution < 1.29 is 18.8 Å². The van der Waals surface area contributed by atoms with Crippen LogP contribution in [0.15, 0.2) is 16.6 Å². The van der Waals surface area contributed by atoms with Gasteiger partial charge in [0.1, 0.15) is 18.0 Å². The van der Waals surface area contributed by atoms with Crippen molar-refractivity contribution in [3.05, 3.63) is 32.5 Å². The van der Waals surface area contributed by atoms with Crippen LogP contribution in [0, 0.1) is 15.9 Å². The van der Waals surface area contributed by atoms with Crippen LogP contribution < -0.4 is 10.5 Å². The molecule has 1 aromatic rings. The van der Waals surface area contributed by atoms with Gasteiger partial charge in [0.25, 0.3) is 0 Å². The Morgan fingerprint density at radius 2 is 2.26 bits per heavy atom. The van der Waals surface area contributed by atoms with Gasteiger partial charge in [-0.15, -0.1) is 0 Å². The van der Waals surface area contributed by atoms with Crippen LogP contribution in [0.1, 0.15) is 6.42 Å². The summed E-state index contributed by atoms with van der Waals surface area (Å²) in [6.45, 7) is 0. The molecule has 8 heteroatoms. The molecule has 1 saturated carbocycles. The molecule has 1 aliphatic carbocycles. The first-order chi connectivity index (χ1) is 8.93. The first-order valence-corrected chi connectivity index (χ1v) is 6.31. The summed E-state index contributed by atoms with van der Waals surface area (Å²) in [7, 11) is 1.48. The minimum absolute atomic E-state index is 0.0140. The molecule has 0 bridgehead atoms. The lowest BCUT2D eigenvalue weighted by atomic mass is 9.86. The average Bonchev–Trinajstić information content (AvgIpc) is 2.32. The maximum Gasteiger partial charge on any atom is 0.312 e. The molecule has 0 spiro atoms. The minimum atomic E-state index is -0.627. The number of nitro benzene ring substituents is 1. The zero-order valence-electron chi connectivity index (χ0n) is 10.0. The van der Waals surface area contributed by atoms with Crippen LogP contribution in [0.3, 0.4) is 0 Å². The molecule has 0 radical (unpaired) electrons. The van der Waals surface area contributed by atoms with Crippen LogP contribution in [0.2, 0.25) is 0 Å². The Labute approximate surface area is 117 Å². The Kier molecular flexibility index (Phi) is 4.02. The molecule has 19 heavy (non-hydrogen) atoms. The Bertz CT molecular complexity index is 514. The number of nitrogens with two attached hydrogens (primary N) is 1. The van der Waals surface area contributed by atoms with Gasteiger partial charge >= 0.3 is 5.69 Å². The van der Waals surface area contributed by atoms with Crippen molar-refractivity contribution >= 4 is 21.6 Å². The summed E-state index contributed by atoms with van der Waals surface area (Å²) in [5.74, 6) is -0.747. The summed E-state index contributed by atoms with van der Waals surface area (Å²) >= 11 is 2.90. The maximum atomic E-state index is 13.4. The average molecular weight is 335 g/mol. The molecule has 6 nitrogen and oxygen atoms in total. The molecular weight excluding hydrogens is 323 g/mol. The number of rotatable bonds is 4. The molecule has 0 heterocycles. The second-order valence-electron chi connectivity index (χ2n) is 4.25. The molecule has 3 atom stereocenters. The standard InChI is InChI=1S/C11H12BrFN2O4/c1-18-11-7(14)4-10(11)19-9-3-6(13)5(12)2-8(9)15(16)17/h2-3,7,10-11H,4,14H2,1H3. The number of hydrogen-bond acceptors (Lipinski definition) is 5. The summed E-state index contributed by atoms with van der Waals surface area (Å²) in [6, 6.07) is 1.89. The molecule has 3 unspecified atom stereocenters. The molecule has 1 aromatic carbocycles. The first kappa shape index (κ1) is 14.2. The molecule has 2 rings (SSSR count). The van der Waals surface area contributed by atoms with Crippen molar-refractivity contribution in [2.45, 2.75) is 24.7 Å². The molecule has 0 saturated heterocycles. The molecule has 1 aliphatic rings.